The van der Waals surface area contributed by atoms with Crippen molar-refractivity contribution in [3.63, 3.8) is 0 Å². The van der Waals surface area contributed by atoms with E-state index in [1.807, 2.05) is 18.2 Å². The summed E-state index contributed by atoms with van der Waals surface area (Å²) in [7, 11) is 0. The molecule has 1 N–H and O–H groups in total. The van der Waals surface area contributed by atoms with Crippen LogP contribution in [0.15, 0.2) is 42.5 Å². The Morgan fingerprint density at radius 3 is 2.59 bits per heavy atom. The highest BCUT2D eigenvalue weighted by atomic mass is 35.5. The zero-order valence-corrected chi connectivity index (χ0v) is 15.7. The van der Waals surface area contributed by atoms with Crippen LogP contribution in [0.1, 0.15) is 42.1 Å². The summed E-state index contributed by atoms with van der Waals surface area (Å²) in [6.07, 6.45) is 0.917. The van der Waals surface area contributed by atoms with Gasteiger partial charge in [-0.1, -0.05) is 43.6 Å². The number of amides is 1. The van der Waals surface area contributed by atoms with Crippen LogP contribution in [0.4, 0.5) is 11.4 Å². The van der Waals surface area contributed by atoms with E-state index in [1.54, 1.807) is 6.07 Å². The first-order valence-corrected chi connectivity index (χ1v) is 8.71. The topological polar surface area (TPSA) is 98.5 Å². The fourth-order valence-electron chi connectivity index (χ4n) is 2.44. The van der Waals surface area contributed by atoms with Gasteiger partial charge in [0.1, 0.15) is 0 Å². The van der Waals surface area contributed by atoms with E-state index < -0.39 is 23.4 Å². The highest BCUT2D eigenvalue weighted by Crippen LogP contribution is 2.26. The molecule has 2 rings (SSSR count). The number of anilines is 1. The summed E-state index contributed by atoms with van der Waals surface area (Å²) in [4.78, 5) is 34.3. The summed E-state index contributed by atoms with van der Waals surface area (Å²) in [6.45, 7) is 3.61. The Bertz CT molecular complexity index is 869. The van der Waals surface area contributed by atoms with E-state index in [0.717, 1.165) is 24.1 Å². The van der Waals surface area contributed by atoms with Gasteiger partial charge in [0.05, 0.1) is 15.5 Å². The van der Waals surface area contributed by atoms with Crippen LogP contribution >= 0.6 is 11.6 Å². The van der Waals surface area contributed by atoms with Crippen molar-refractivity contribution in [3.05, 3.63) is 68.7 Å². The van der Waals surface area contributed by atoms with Gasteiger partial charge < -0.3 is 10.1 Å². The smallest absolute Gasteiger partial charge is 0.340 e. The van der Waals surface area contributed by atoms with Crippen molar-refractivity contribution in [1.82, 2.24) is 0 Å². The number of nitro groups is 1. The van der Waals surface area contributed by atoms with Gasteiger partial charge in [-0.15, -0.1) is 0 Å². The van der Waals surface area contributed by atoms with Gasteiger partial charge in [0.2, 0.25) is 0 Å². The van der Waals surface area contributed by atoms with E-state index in [0.29, 0.717) is 5.69 Å². The van der Waals surface area contributed by atoms with Crippen molar-refractivity contribution in [3.8, 4) is 0 Å². The summed E-state index contributed by atoms with van der Waals surface area (Å²) in [6, 6.07) is 10.8. The molecule has 0 heterocycles. The van der Waals surface area contributed by atoms with Gasteiger partial charge in [-0.05, 0) is 30.0 Å². The Morgan fingerprint density at radius 1 is 1.26 bits per heavy atom. The van der Waals surface area contributed by atoms with Crippen LogP contribution in [0, 0.1) is 10.1 Å². The van der Waals surface area contributed by atoms with Crippen molar-refractivity contribution < 1.29 is 19.2 Å². The SMILES string of the molecule is CC[C@H](C)c1ccccc1NC(=O)COC(=O)c1ccc([N+](=O)[O-])cc1Cl. The predicted octanol–water partition coefficient (Wildman–Crippen LogP) is 4.56. The molecule has 0 spiro atoms. The Kier molecular flexibility index (Phi) is 6.90. The number of halogens is 1. The molecular formula is C19H19ClN2O5. The lowest BCUT2D eigenvalue weighted by Crippen LogP contribution is -2.22. The largest absolute Gasteiger partial charge is 0.452 e. The van der Waals surface area contributed by atoms with E-state index in [-0.39, 0.29) is 22.2 Å². The molecule has 0 aromatic heterocycles. The lowest BCUT2D eigenvalue weighted by atomic mass is 9.97. The molecule has 2 aromatic carbocycles. The number of benzene rings is 2. The van der Waals surface area contributed by atoms with Crippen LogP contribution in [0.25, 0.3) is 0 Å². The van der Waals surface area contributed by atoms with Crippen molar-refractivity contribution in [2.45, 2.75) is 26.2 Å². The third kappa shape index (κ3) is 5.27. The first kappa shape index (κ1) is 20.4. The molecule has 1 atom stereocenters. The maximum Gasteiger partial charge on any atom is 0.340 e. The molecule has 0 bridgehead atoms. The molecule has 0 aliphatic heterocycles. The summed E-state index contributed by atoms with van der Waals surface area (Å²) in [5.41, 5.74) is 1.38. The molecule has 0 aliphatic rings. The average molecular weight is 391 g/mol. The predicted molar refractivity (Wildman–Crippen MR) is 102 cm³/mol. The first-order valence-electron chi connectivity index (χ1n) is 8.33. The van der Waals surface area contributed by atoms with E-state index in [2.05, 4.69) is 19.2 Å². The lowest BCUT2D eigenvalue weighted by Gasteiger charge is -2.15. The Labute approximate surface area is 161 Å². The number of non-ortho nitro benzene ring substituents is 1. The number of nitrogens with zero attached hydrogens (tertiary/aromatic N) is 1. The molecular weight excluding hydrogens is 372 g/mol. The summed E-state index contributed by atoms with van der Waals surface area (Å²) in [5.74, 6) is -1.06. The van der Waals surface area contributed by atoms with Crippen LogP contribution in [-0.4, -0.2) is 23.4 Å². The first-order chi connectivity index (χ1) is 12.8. The third-order valence-electron chi connectivity index (χ3n) is 4.10. The number of nitrogens with one attached hydrogen (secondary N) is 1. The van der Waals surface area contributed by atoms with Crippen LogP contribution < -0.4 is 5.32 Å². The molecule has 1 amide bonds. The number of carbonyl (C=O) groups is 2. The molecule has 27 heavy (non-hydrogen) atoms. The van der Waals surface area contributed by atoms with Gasteiger partial charge in [-0.2, -0.15) is 0 Å². The van der Waals surface area contributed by atoms with Crippen LogP contribution in [0.3, 0.4) is 0 Å². The molecule has 0 saturated heterocycles. The molecule has 0 aliphatic carbocycles. The third-order valence-corrected chi connectivity index (χ3v) is 4.41. The fraction of sp³-hybridized carbons (Fsp3) is 0.263. The number of carbonyl (C=O) groups excluding carboxylic acids is 2. The van der Waals surface area contributed by atoms with Gasteiger partial charge in [0.25, 0.3) is 11.6 Å². The molecule has 0 saturated carbocycles. The zero-order chi connectivity index (χ0) is 20.0. The molecule has 0 unspecified atom stereocenters. The zero-order valence-electron chi connectivity index (χ0n) is 14.9. The number of hydrogen-bond acceptors (Lipinski definition) is 5. The van der Waals surface area contributed by atoms with Gasteiger partial charge in [0, 0.05) is 17.8 Å². The molecule has 142 valence electrons. The number of rotatable bonds is 7. The minimum absolute atomic E-state index is 0.0462. The molecule has 2 aromatic rings. The van der Waals surface area contributed by atoms with Crippen molar-refractivity contribution >= 4 is 34.9 Å². The van der Waals surface area contributed by atoms with E-state index in [9.17, 15) is 19.7 Å². The van der Waals surface area contributed by atoms with Gasteiger partial charge in [-0.3, -0.25) is 14.9 Å². The number of ether oxygens (including phenoxy) is 1. The second-order valence-electron chi connectivity index (χ2n) is 5.94. The molecule has 0 radical (unpaired) electrons. The van der Waals surface area contributed by atoms with E-state index in [1.165, 1.54) is 6.07 Å². The minimum Gasteiger partial charge on any atom is -0.452 e. The highest BCUT2D eigenvalue weighted by Gasteiger charge is 2.18. The van der Waals surface area contributed by atoms with Gasteiger partial charge >= 0.3 is 5.97 Å². The summed E-state index contributed by atoms with van der Waals surface area (Å²) < 4.78 is 4.96. The van der Waals surface area contributed by atoms with Crippen molar-refractivity contribution in [1.29, 1.82) is 0 Å². The lowest BCUT2D eigenvalue weighted by molar-refractivity contribution is -0.384. The van der Waals surface area contributed by atoms with Crippen LogP contribution in [0.2, 0.25) is 5.02 Å². The summed E-state index contributed by atoms with van der Waals surface area (Å²) >= 11 is 5.88. The monoisotopic (exact) mass is 390 g/mol. The van der Waals surface area contributed by atoms with Crippen molar-refractivity contribution in [2.75, 3.05) is 11.9 Å². The molecule has 7 nitrogen and oxygen atoms in total. The Morgan fingerprint density at radius 2 is 1.96 bits per heavy atom. The number of hydrogen-bond donors (Lipinski definition) is 1. The van der Waals surface area contributed by atoms with E-state index in [4.69, 9.17) is 16.3 Å². The highest BCUT2D eigenvalue weighted by molar-refractivity contribution is 6.33. The normalized spacial score (nSPS) is 11.5. The second-order valence-corrected chi connectivity index (χ2v) is 6.35. The maximum absolute atomic E-state index is 12.1. The fourth-order valence-corrected chi connectivity index (χ4v) is 2.69. The number of esters is 1. The van der Waals surface area contributed by atoms with Crippen LogP contribution in [-0.2, 0) is 9.53 Å². The Balaban J connectivity index is 2.00. The molecule has 0 fully saturated rings. The van der Waals surface area contributed by atoms with Crippen LogP contribution in [0.5, 0.6) is 0 Å². The van der Waals surface area contributed by atoms with Crippen molar-refractivity contribution in [2.24, 2.45) is 0 Å². The van der Waals surface area contributed by atoms with Gasteiger partial charge in [-0.25, -0.2) is 4.79 Å². The number of para-hydroxylation sites is 1. The molecule has 8 heteroatoms. The second kappa shape index (κ2) is 9.14. The standard InChI is InChI=1S/C19H19ClN2O5/c1-3-12(2)14-6-4-5-7-17(14)21-18(23)11-27-19(24)15-9-8-13(22(25)26)10-16(15)20/h4-10,12H,3,11H2,1-2H3,(H,21,23)/t12-/m0/s1. The Hall–Kier alpha value is -2.93. The summed E-state index contributed by atoms with van der Waals surface area (Å²) in [5, 5.41) is 13.3. The quantitative estimate of drug-likeness (QED) is 0.424. The minimum atomic E-state index is -0.833. The van der Waals surface area contributed by atoms with Gasteiger partial charge in [0.15, 0.2) is 6.61 Å². The number of nitro benzene ring substituents is 1. The van der Waals surface area contributed by atoms with E-state index >= 15 is 0 Å². The average Bonchev–Trinajstić information content (AvgIpc) is 2.65. The maximum atomic E-state index is 12.1.